The van der Waals surface area contributed by atoms with E-state index in [0.717, 1.165) is 61.3 Å². The van der Waals surface area contributed by atoms with Gasteiger partial charge in [0.1, 0.15) is 5.92 Å². The Balaban J connectivity index is 1.62. The van der Waals surface area contributed by atoms with Gasteiger partial charge in [-0.15, -0.1) is 0 Å². The average molecular weight is 624 g/mol. The summed E-state index contributed by atoms with van der Waals surface area (Å²) >= 11 is 3.55. The fourth-order valence-corrected chi connectivity index (χ4v) is 6.75. The number of aromatic amines is 2. The maximum atomic E-state index is 13.7. The number of aromatic nitrogens is 4. The third-order valence-corrected chi connectivity index (χ3v) is 9.26. The van der Waals surface area contributed by atoms with Crippen molar-refractivity contribution in [3.05, 3.63) is 93.0 Å². The van der Waals surface area contributed by atoms with Crippen LogP contribution in [0.2, 0.25) is 0 Å². The molecular formula is C34H31BrN4O3. The predicted molar refractivity (Wildman–Crippen MR) is 167 cm³/mol. The molecule has 3 aromatic heterocycles. The first-order valence-corrected chi connectivity index (χ1v) is 14.9. The molecule has 42 heavy (non-hydrogen) atoms. The molecule has 1 aromatic carbocycles. The molecule has 212 valence electrons. The molecular weight excluding hydrogens is 592 g/mol. The van der Waals surface area contributed by atoms with E-state index in [9.17, 15) is 9.59 Å². The number of benzene rings is 1. The molecule has 0 unspecified atom stereocenters. The first kappa shape index (κ1) is 26.8. The van der Waals surface area contributed by atoms with Gasteiger partial charge in [0.05, 0.1) is 12.6 Å². The Morgan fingerprint density at radius 3 is 2.29 bits per heavy atom. The number of nitrogens with zero attached hydrogens (tertiary/aromatic N) is 2. The number of esters is 1. The third kappa shape index (κ3) is 4.23. The lowest BCUT2D eigenvalue weighted by Gasteiger charge is -2.17. The summed E-state index contributed by atoms with van der Waals surface area (Å²) in [6.45, 7) is 8.64. The highest BCUT2D eigenvalue weighted by atomic mass is 79.9. The summed E-state index contributed by atoms with van der Waals surface area (Å²) in [5, 5.41) is 0. The summed E-state index contributed by atoms with van der Waals surface area (Å²) in [4.78, 5) is 43.9. The molecule has 2 aliphatic heterocycles. The Kier molecular flexibility index (Phi) is 5.90. The number of Topliss-reactive ketones (excluding diaryl/α,β-unsaturated/α-hetero) is 1. The van der Waals surface area contributed by atoms with Gasteiger partial charge in [0.2, 0.25) is 0 Å². The van der Waals surface area contributed by atoms with Gasteiger partial charge in [-0.3, -0.25) is 19.6 Å². The highest BCUT2D eigenvalue weighted by Crippen LogP contribution is 2.42. The molecule has 7 nitrogen and oxygen atoms in total. The number of methoxy groups -OCH3 is 1. The van der Waals surface area contributed by atoms with E-state index in [4.69, 9.17) is 14.7 Å². The van der Waals surface area contributed by atoms with E-state index in [-0.39, 0.29) is 16.6 Å². The molecule has 3 aliphatic rings. The van der Waals surface area contributed by atoms with Crippen LogP contribution < -0.4 is 0 Å². The van der Waals surface area contributed by atoms with Crippen LogP contribution in [-0.4, -0.2) is 38.8 Å². The first-order chi connectivity index (χ1) is 19.9. The standard InChI is InChI=1S/C34H31BrN4O3/c1-33(2)15-21-10-19-11-22(17-6-8-18(35)9-7-17)24(36-19)14-27-34(3,4)16-25(39-27)28-29(32(41)42-5)31(40)23-12-20(38-30(23)28)13-26(33)37-21/h6-14,29,36,38H,15-16H2,1-5H3/t29-/m0/s1. The summed E-state index contributed by atoms with van der Waals surface area (Å²) in [6, 6.07) is 18.5. The number of fused-ring (bicyclic) bond motifs is 8. The van der Waals surface area contributed by atoms with Crippen molar-refractivity contribution < 1.29 is 14.3 Å². The van der Waals surface area contributed by atoms with Gasteiger partial charge in [-0.2, -0.15) is 0 Å². The second-order valence-corrected chi connectivity index (χ2v) is 13.7. The van der Waals surface area contributed by atoms with Crippen molar-refractivity contribution in [2.75, 3.05) is 7.11 Å². The lowest BCUT2D eigenvalue weighted by Crippen LogP contribution is -2.21. The molecule has 8 heteroatoms. The Labute approximate surface area is 251 Å². The largest absolute Gasteiger partial charge is 0.468 e. The van der Waals surface area contributed by atoms with E-state index in [1.54, 1.807) is 0 Å². The third-order valence-electron chi connectivity index (χ3n) is 8.73. The van der Waals surface area contributed by atoms with E-state index in [2.05, 4.69) is 83.9 Å². The van der Waals surface area contributed by atoms with Gasteiger partial charge in [-0.25, -0.2) is 0 Å². The molecule has 0 saturated heterocycles. The van der Waals surface area contributed by atoms with Crippen LogP contribution in [0.4, 0.5) is 0 Å². The summed E-state index contributed by atoms with van der Waals surface area (Å²) < 4.78 is 6.13. The van der Waals surface area contributed by atoms with Crippen LogP contribution in [0.3, 0.4) is 0 Å². The number of ketones is 1. The SMILES string of the molecule is COC(=O)[C@@H]1C(=O)c2cc3cc4nc(cc5cc(-c6ccc(Br)cc6)c(cc6nc(c1c2[nH]3)CC6(C)C)[nH]5)CC4(C)C. The summed E-state index contributed by atoms with van der Waals surface area (Å²) in [5.74, 6) is -1.87. The normalized spacial score (nSPS) is 18.3. The quantitative estimate of drug-likeness (QED) is 0.181. The summed E-state index contributed by atoms with van der Waals surface area (Å²) in [7, 11) is 1.32. The molecule has 0 saturated carbocycles. The number of nitrogens with one attached hydrogen (secondary N) is 2. The average Bonchev–Trinajstić information content (AvgIpc) is 3.70. The van der Waals surface area contributed by atoms with Gasteiger partial charge in [0.25, 0.3) is 0 Å². The van der Waals surface area contributed by atoms with Gasteiger partial charge in [0.15, 0.2) is 5.78 Å². The van der Waals surface area contributed by atoms with Gasteiger partial charge in [-0.1, -0.05) is 55.8 Å². The Morgan fingerprint density at radius 2 is 1.55 bits per heavy atom. The zero-order valence-corrected chi connectivity index (χ0v) is 25.8. The number of halogens is 1. The zero-order chi connectivity index (χ0) is 29.6. The van der Waals surface area contributed by atoms with Crippen LogP contribution in [-0.2, 0) is 33.2 Å². The van der Waals surface area contributed by atoms with E-state index in [1.165, 1.54) is 7.11 Å². The van der Waals surface area contributed by atoms with Crippen molar-refractivity contribution in [1.82, 2.24) is 19.9 Å². The molecule has 0 spiro atoms. The topological polar surface area (TPSA) is 101 Å². The van der Waals surface area contributed by atoms with Gasteiger partial charge in [0, 0.05) is 84.2 Å². The van der Waals surface area contributed by atoms with Crippen LogP contribution in [0.25, 0.3) is 33.2 Å². The van der Waals surface area contributed by atoms with Crippen molar-refractivity contribution in [2.45, 2.75) is 57.3 Å². The highest BCUT2D eigenvalue weighted by Gasteiger charge is 2.43. The van der Waals surface area contributed by atoms with E-state index in [1.807, 2.05) is 24.3 Å². The molecule has 1 atom stereocenters. The van der Waals surface area contributed by atoms with E-state index >= 15 is 0 Å². The van der Waals surface area contributed by atoms with Crippen molar-refractivity contribution >= 4 is 49.7 Å². The molecule has 0 radical (unpaired) electrons. The number of hydrogen-bond acceptors (Lipinski definition) is 5. The predicted octanol–water partition coefficient (Wildman–Crippen LogP) is 7.24. The van der Waals surface area contributed by atoms with Crippen LogP contribution in [0.5, 0.6) is 0 Å². The monoisotopic (exact) mass is 622 g/mol. The van der Waals surface area contributed by atoms with Crippen molar-refractivity contribution in [2.24, 2.45) is 0 Å². The Bertz CT molecular complexity index is 1980. The molecule has 8 bridgehead atoms. The Hall–Kier alpha value is -4.04. The molecule has 7 rings (SSSR count). The number of ether oxygens (including phenoxy) is 1. The molecule has 1 aliphatic carbocycles. The molecule has 0 fully saturated rings. The Morgan fingerprint density at radius 1 is 0.881 bits per heavy atom. The number of carbonyl (C=O) groups excluding carboxylic acids is 2. The second kappa shape index (κ2) is 9.23. The van der Waals surface area contributed by atoms with Crippen molar-refractivity contribution in [1.29, 1.82) is 0 Å². The van der Waals surface area contributed by atoms with Crippen LogP contribution >= 0.6 is 15.9 Å². The van der Waals surface area contributed by atoms with Crippen LogP contribution in [0.15, 0.2) is 59.1 Å². The summed E-state index contributed by atoms with van der Waals surface area (Å²) in [6.07, 6.45) is 1.36. The first-order valence-electron chi connectivity index (χ1n) is 14.1. The van der Waals surface area contributed by atoms with Crippen molar-refractivity contribution in [3.63, 3.8) is 0 Å². The lowest BCUT2D eigenvalue weighted by molar-refractivity contribution is -0.141. The maximum absolute atomic E-state index is 13.7. The van der Waals surface area contributed by atoms with Gasteiger partial charge >= 0.3 is 5.97 Å². The number of H-pyrrole nitrogens is 2. The number of carbonyl (C=O) groups is 2. The zero-order valence-electron chi connectivity index (χ0n) is 24.2. The maximum Gasteiger partial charge on any atom is 0.321 e. The van der Waals surface area contributed by atoms with Crippen LogP contribution in [0, 0.1) is 0 Å². The summed E-state index contributed by atoms with van der Waals surface area (Å²) in [5.41, 5.74) is 9.57. The molecule has 5 heterocycles. The van der Waals surface area contributed by atoms with E-state index < -0.39 is 11.9 Å². The fraction of sp³-hybridized carbons (Fsp3) is 0.294. The molecule has 0 amide bonds. The fourth-order valence-electron chi connectivity index (χ4n) is 6.49. The highest BCUT2D eigenvalue weighted by molar-refractivity contribution is 9.10. The minimum absolute atomic E-state index is 0.195. The van der Waals surface area contributed by atoms with E-state index in [0.29, 0.717) is 23.1 Å². The molecule has 2 N–H and O–H groups in total. The number of hydrogen-bond donors (Lipinski definition) is 2. The van der Waals surface area contributed by atoms with Crippen LogP contribution in [0.1, 0.15) is 72.3 Å². The van der Waals surface area contributed by atoms with Gasteiger partial charge in [-0.05, 0) is 48.0 Å². The van der Waals surface area contributed by atoms with Crippen molar-refractivity contribution in [3.8, 4) is 11.1 Å². The second-order valence-electron chi connectivity index (χ2n) is 12.8. The number of rotatable bonds is 2. The lowest BCUT2D eigenvalue weighted by atomic mass is 9.85. The smallest absolute Gasteiger partial charge is 0.321 e. The van der Waals surface area contributed by atoms with Gasteiger partial charge < -0.3 is 14.7 Å². The minimum Gasteiger partial charge on any atom is -0.468 e. The minimum atomic E-state index is -1.04. The molecule has 4 aromatic rings.